The van der Waals surface area contributed by atoms with Crippen molar-refractivity contribution in [3.63, 3.8) is 0 Å². The van der Waals surface area contributed by atoms with Crippen LogP contribution in [0.4, 0.5) is 5.00 Å². The van der Waals surface area contributed by atoms with E-state index in [4.69, 9.17) is 45.9 Å². The second kappa shape index (κ2) is 9.55. The van der Waals surface area contributed by atoms with E-state index in [2.05, 4.69) is 31.4 Å². The summed E-state index contributed by atoms with van der Waals surface area (Å²) in [5.41, 5.74) is 7.42. The Morgan fingerprint density at radius 1 is 1.28 bits per heavy atom. The normalized spacial score (nSPS) is 15.6. The van der Waals surface area contributed by atoms with Crippen LogP contribution in [0.25, 0.3) is 0 Å². The van der Waals surface area contributed by atoms with Gasteiger partial charge in [0.1, 0.15) is 10.8 Å². The van der Waals surface area contributed by atoms with E-state index in [0.29, 0.717) is 16.5 Å². The predicted octanol–water partition coefficient (Wildman–Crippen LogP) is 5.44. The van der Waals surface area contributed by atoms with Gasteiger partial charge in [-0.05, 0) is 60.5 Å². The number of halogens is 2. The fourth-order valence-electron chi connectivity index (χ4n) is 3.92. The molecule has 0 saturated heterocycles. The van der Waals surface area contributed by atoms with Crippen LogP contribution in [0.2, 0.25) is 10.0 Å². The first-order valence-corrected chi connectivity index (χ1v) is 12.0. The number of hydrogen-bond acceptors (Lipinski definition) is 5. The van der Waals surface area contributed by atoms with Crippen molar-refractivity contribution in [2.75, 3.05) is 12.4 Å². The molecule has 1 aliphatic rings. The van der Waals surface area contributed by atoms with Gasteiger partial charge in [-0.2, -0.15) is 0 Å². The Balaban J connectivity index is 1.82. The maximum atomic E-state index is 12.8. The topological polar surface area (TPSA) is 93.4 Å². The first kappa shape index (κ1) is 24.8. The van der Waals surface area contributed by atoms with Crippen LogP contribution in [0.5, 0.6) is 5.75 Å². The third-order valence-corrected chi connectivity index (χ3v) is 7.52. The highest BCUT2D eigenvalue weighted by Crippen LogP contribution is 2.44. The molecule has 4 N–H and O–H groups in total. The lowest BCUT2D eigenvalue weighted by molar-refractivity contribution is 0.0972. The summed E-state index contributed by atoms with van der Waals surface area (Å²) in [7, 11) is 1.41. The summed E-state index contributed by atoms with van der Waals surface area (Å²) in [5.74, 6) is -0.363. The molecular formula is C22H25Cl2N3O3S2. The minimum atomic E-state index is -0.543. The van der Waals surface area contributed by atoms with E-state index < -0.39 is 11.8 Å². The Kier molecular flexibility index (Phi) is 7.39. The van der Waals surface area contributed by atoms with Gasteiger partial charge in [-0.15, -0.1) is 11.3 Å². The second-order valence-electron chi connectivity index (χ2n) is 8.75. The molecule has 0 radical (unpaired) electrons. The molecule has 10 heteroatoms. The molecule has 0 fully saturated rings. The molecule has 3 rings (SSSR count). The monoisotopic (exact) mass is 513 g/mol. The number of fused-ring (bicyclic) bond motifs is 1. The number of rotatable bonds is 4. The van der Waals surface area contributed by atoms with Gasteiger partial charge in [-0.25, -0.2) is 0 Å². The number of amides is 2. The van der Waals surface area contributed by atoms with Crippen molar-refractivity contribution in [2.24, 2.45) is 17.1 Å². The summed E-state index contributed by atoms with van der Waals surface area (Å²) in [5, 5.41) is 6.64. The van der Waals surface area contributed by atoms with Gasteiger partial charge in [0, 0.05) is 9.90 Å². The quantitative estimate of drug-likeness (QED) is 0.473. The maximum absolute atomic E-state index is 12.8. The Hall–Kier alpha value is -1.87. The summed E-state index contributed by atoms with van der Waals surface area (Å²) in [6, 6.07) is 2.92. The fourth-order valence-corrected chi connectivity index (χ4v) is 6.08. The highest BCUT2D eigenvalue weighted by Gasteiger charge is 2.33. The molecule has 1 unspecified atom stereocenters. The van der Waals surface area contributed by atoms with Crippen molar-refractivity contribution in [3.05, 3.63) is 43.7 Å². The zero-order valence-corrected chi connectivity index (χ0v) is 21.4. The zero-order valence-electron chi connectivity index (χ0n) is 18.2. The molecule has 0 saturated carbocycles. The lowest BCUT2D eigenvalue weighted by atomic mass is 9.72. The molecule has 1 atom stereocenters. The van der Waals surface area contributed by atoms with E-state index in [-0.39, 0.29) is 31.9 Å². The number of nitrogens with two attached hydrogens (primary N) is 1. The molecule has 0 bridgehead atoms. The first-order valence-electron chi connectivity index (χ1n) is 10.0. The summed E-state index contributed by atoms with van der Waals surface area (Å²) in [4.78, 5) is 26.1. The molecule has 32 heavy (non-hydrogen) atoms. The van der Waals surface area contributed by atoms with Gasteiger partial charge in [-0.3, -0.25) is 14.9 Å². The third kappa shape index (κ3) is 5.20. The average molecular weight is 515 g/mol. The lowest BCUT2D eigenvalue weighted by Gasteiger charge is -2.33. The summed E-state index contributed by atoms with van der Waals surface area (Å²) >= 11 is 18.9. The van der Waals surface area contributed by atoms with E-state index in [9.17, 15) is 9.59 Å². The van der Waals surface area contributed by atoms with Crippen molar-refractivity contribution in [2.45, 2.75) is 40.0 Å². The summed E-state index contributed by atoms with van der Waals surface area (Å²) in [6.45, 7) is 6.68. The van der Waals surface area contributed by atoms with Gasteiger partial charge < -0.3 is 15.8 Å². The zero-order chi connectivity index (χ0) is 23.8. The molecule has 172 valence electrons. The Morgan fingerprint density at radius 2 is 1.97 bits per heavy atom. The van der Waals surface area contributed by atoms with Crippen molar-refractivity contribution >= 4 is 68.7 Å². The van der Waals surface area contributed by atoms with Crippen molar-refractivity contribution < 1.29 is 14.3 Å². The molecule has 1 aliphatic carbocycles. The molecule has 2 aromatic rings. The van der Waals surface area contributed by atoms with Crippen molar-refractivity contribution in [1.82, 2.24) is 5.32 Å². The number of benzene rings is 1. The predicted molar refractivity (Wildman–Crippen MR) is 135 cm³/mol. The van der Waals surface area contributed by atoms with Crippen molar-refractivity contribution in [1.29, 1.82) is 0 Å². The number of methoxy groups -OCH3 is 1. The Labute approximate surface area is 206 Å². The van der Waals surface area contributed by atoms with Gasteiger partial charge in [0.15, 0.2) is 5.11 Å². The van der Waals surface area contributed by atoms with Crippen LogP contribution in [0.3, 0.4) is 0 Å². The van der Waals surface area contributed by atoms with Crippen LogP contribution < -0.4 is 21.1 Å². The minimum Gasteiger partial charge on any atom is -0.494 e. The average Bonchev–Trinajstić information content (AvgIpc) is 3.03. The number of ether oxygens (including phenoxy) is 1. The molecule has 2 amide bonds. The minimum absolute atomic E-state index is 0.0293. The van der Waals surface area contributed by atoms with E-state index in [1.165, 1.54) is 30.6 Å². The van der Waals surface area contributed by atoms with Gasteiger partial charge >= 0.3 is 0 Å². The highest BCUT2D eigenvalue weighted by molar-refractivity contribution is 7.80. The molecule has 0 aliphatic heterocycles. The van der Waals surface area contributed by atoms with Crippen LogP contribution in [0, 0.1) is 11.3 Å². The number of hydrogen-bond donors (Lipinski definition) is 3. The molecule has 0 spiro atoms. The lowest BCUT2D eigenvalue weighted by Crippen LogP contribution is -2.34. The summed E-state index contributed by atoms with van der Waals surface area (Å²) in [6.07, 6.45) is 2.65. The molecule has 1 heterocycles. The van der Waals surface area contributed by atoms with Gasteiger partial charge in [0.2, 0.25) is 0 Å². The molecule has 1 aromatic carbocycles. The largest absolute Gasteiger partial charge is 0.494 e. The summed E-state index contributed by atoms with van der Waals surface area (Å²) < 4.78 is 5.22. The first-order chi connectivity index (χ1) is 14.9. The van der Waals surface area contributed by atoms with Gasteiger partial charge in [0.05, 0.1) is 23.3 Å². The van der Waals surface area contributed by atoms with Crippen LogP contribution in [-0.2, 0) is 12.8 Å². The van der Waals surface area contributed by atoms with Crippen molar-refractivity contribution in [3.8, 4) is 5.75 Å². The number of thiophene rings is 1. The number of anilines is 1. The van der Waals surface area contributed by atoms with Gasteiger partial charge in [-0.1, -0.05) is 44.0 Å². The number of carbonyl (C=O) groups is 2. The fraction of sp³-hybridized carbons (Fsp3) is 0.409. The molecular weight excluding hydrogens is 489 g/mol. The van der Waals surface area contributed by atoms with Crippen LogP contribution in [0.15, 0.2) is 12.1 Å². The van der Waals surface area contributed by atoms with Gasteiger partial charge in [0.25, 0.3) is 11.8 Å². The van der Waals surface area contributed by atoms with E-state index in [1.807, 2.05) is 0 Å². The van der Waals surface area contributed by atoms with E-state index in [1.54, 1.807) is 0 Å². The second-order valence-corrected chi connectivity index (χ2v) is 11.1. The SMILES string of the molecule is COc1c(Cl)cc(Cl)cc1C(=O)NC(=S)Nc1sc2c(c1C(N)=O)CCC(C(C)(C)C)C2. The third-order valence-electron chi connectivity index (χ3n) is 5.65. The van der Waals surface area contributed by atoms with Crippen LogP contribution in [-0.4, -0.2) is 24.0 Å². The number of nitrogens with one attached hydrogen (secondary N) is 2. The number of primary amides is 1. The maximum Gasteiger partial charge on any atom is 0.261 e. The van der Waals surface area contributed by atoms with E-state index >= 15 is 0 Å². The standard InChI is InChI=1S/C22H25Cl2N3O3S2/c1-22(2,3)10-5-6-12-15(7-10)32-20(16(12)18(25)28)27-21(31)26-19(29)13-8-11(23)9-14(24)17(13)30-4/h8-10H,5-7H2,1-4H3,(H2,25,28)(H2,26,27,29,31). The van der Waals surface area contributed by atoms with Crippen LogP contribution >= 0.6 is 46.8 Å². The number of thiocarbonyl (C=S) groups is 1. The number of carbonyl (C=O) groups excluding carboxylic acids is 2. The Morgan fingerprint density at radius 3 is 2.56 bits per heavy atom. The van der Waals surface area contributed by atoms with Crippen LogP contribution in [0.1, 0.15) is 58.3 Å². The molecule has 1 aromatic heterocycles. The molecule has 6 nitrogen and oxygen atoms in total. The highest BCUT2D eigenvalue weighted by atomic mass is 35.5. The Bertz CT molecular complexity index is 1090. The smallest absolute Gasteiger partial charge is 0.261 e. The van der Waals surface area contributed by atoms with E-state index in [0.717, 1.165) is 29.7 Å².